The molecule has 0 radical (unpaired) electrons. The molecule has 0 aromatic heterocycles. The summed E-state index contributed by atoms with van der Waals surface area (Å²) in [5.74, 6) is 2.78. The molecule has 5 rings (SSSR count). The number of carbonyl (C=O) groups is 1. The Labute approximate surface area is 144 Å². The largest absolute Gasteiger partial charge is 0.394 e. The molecule has 4 saturated carbocycles. The van der Waals surface area contributed by atoms with E-state index in [0.717, 1.165) is 23.3 Å². The lowest BCUT2D eigenvalue weighted by atomic mass is 9.49. The maximum atomic E-state index is 12.7. The standard InChI is InChI=1S/C21H29NO2/c23-14-19(9-15-4-2-1-3-5-15)22-20(24)13-21-10-16-6-17(11-21)8-18(7-16)12-21/h1-5,16-19,23H,6-14H2,(H,22,24)/t16?,17?,18?,19-,21?/m1/s1. The second kappa shape index (κ2) is 6.51. The van der Waals surface area contributed by atoms with Crippen molar-refractivity contribution < 1.29 is 9.90 Å². The maximum absolute atomic E-state index is 12.7. The number of aliphatic hydroxyl groups is 1. The smallest absolute Gasteiger partial charge is 0.220 e. The first kappa shape index (κ1) is 16.1. The Bertz CT molecular complexity index is 547. The van der Waals surface area contributed by atoms with Crippen LogP contribution in [0.15, 0.2) is 30.3 Å². The van der Waals surface area contributed by atoms with Crippen molar-refractivity contribution in [3.05, 3.63) is 35.9 Å². The highest BCUT2D eigenvalue weighted by molar-refractivity contribution is 5.77. The highest BCUT2D eigenvalue weighted by Gasteiger charge is 2.51. The summed E-state index contributed by atoms with van der Waals surface area (Å²) in [6, 6.07) is 9.92. The molecule has 4 fully saturated rings. The Morgan fingerprint density at radius 3 is 2.21 bits per heavy atom. The topological polar surface area (TPSA) is 49.3 Å². The van der Waals surface area contributed by atoms with E-state index >= 15 is 0 Å². The number of hydrogen-bond acceptors (Lipinski definition) is 2. The van der Waals surface area contributed by atoms with E-state index in [1.807, 2.05) is 30.3 Å². The van der Waals surface area contributed by atoms with Crippen LogP contribution in [-0.4, -0.2) is 23.7 Å². The average molecular weight is 327 g/mol. The second-order valence-corrected chi connectivity index (χ2v) is 8.73. The first-order chi connectivity index (χ1) is 11.6. The molecule has 0 aliphatic heterocycles. The van der Waals surface area contributed by atoms with Crippen molar-refractivity contribution in [3.63, 3.8) is 0 Å². The Morgan fingerprint density at radius 1 is 1.08 bits per heavy atom. The van der Waals surface area contributed by atoms with Crippen LogP contribution in [0.25, 0.3) is 0 Å². The zero-order valence-electron chi connectivity index (χ0n) is 14.4. The van der Waals surface area contributed by atoms with Gasteiger partial charge in [0.25, 0.3) is 0 Å². The SMILES string of the molecule is O=C(CC12CC3CC(CC(C3)C1)C2)N[C@@H](CO)Cc1ccccc1. The molecule has 0 spiro atoms. The molecule has 0 heterocycles. The van der Waals surface area contributed by atoms with Gasteiger partial charge in [-0.2, -0.15) is 0 Å². The molecule has 1 aromatic rings. The fraction of sp³-hybridized carbons (Fsp3) is 0.667. The molecule has 2 N–H and O–H groups in total. The summed E-state index contributed by atoms with van der Waals surface area (Å²) in [6.45, 7) is 0.00150. The number of nitrogens with one attached hydrogen (secondary N) is 1. The third-order valence-corrected chi connectivity index (χ3v) is 6.61. The molecule has 4 aliphatic carbocycles. The molecule has 3 heteroatoms. The van der Waals surface area contributed by atoms with Gasteiger partial charge in [-0.25, -0.2) is 0 Å². The van der Waals surface area contributed by atoms with Crippen molar-refractivity contribution in [3.8, 4) is 0 Å². The normalized spacial score (nSPS) is 35.0. The highest BCUT2D eigenvalue weighted by Crippen LogP contribution is 2.61. The summed E-state index contributed by atoms with van der Waals surface area (Å²) in [5, 5.41) is 12.8. The lowest BCUT2D eigenvalue weighted by Crippen LogP contribution is -2.49. The van der Waals surface area contributed by atoms with Gasteiger partial charge in [0.1, 0.15) is 0 Å². The fourth-order valence-corrected chi connectivity index (χ4v) is 6.19. The van der Waals surface area contributed by atoms with Crippen molar-refractivity contribution in [1.82, 2.24) is 5.32 Å². The van der Waals surface area contributed by atoms with Crippen LogP contribution in [0.2, 0.25) is 0 Å². The summed E-state index contributed by atoms with van der Waals surface area (Å²) in [4.78, 5) is 12.7. The van der Waals surface area contributed by atoms with E-state index in [0.29, 0.717) is 12.8 Å². The Morgan fingerprint density at radius 2 is 1.67 bits per heavy atom. The van der Waals surface area contributed by atoms with Gasteiger partial charge >= 0.3 is 0 Å². The van der Waals surface area contributed by atoms with E-state index in [-0.39, 0.29) is 24.0 Å². The summed E-state index contributed by atoms with van der Waals surface area (Å²) in [7, 11) is 0. The van der Waals surface area contributed by atoms with Crippen molar-refractivity contribution in [2.24, 2.45) is 23.2 Å². The molecule has 4 bridgehead atoms. The van der Waals surface area contributed by atoms with Gasteiger partial charge in [-0.1, -0.05) is 30.3 Å². The Kier molecular flexibility index (Phi) is 4.38. The van der Waals surface area contributed by atoms with Crippen molar-refractivity contribution >= 4 is 5.91 Å². The molecule has 1 atom stereocenters. The van der Waals surface area contributed by atoms with Crippen LogP contribution >= 0.6 is 0 Å². The molecule has 0 saturated heterocycles. The second-order valence-electron chi connectivity index (χ2n) is 8.73. The monoisotopic (exact) mass is 327 g/mol. The van der Waals surface area contributed by atoms with Crippen molar-refractivity contribution in [1.29, 1.82) is 0 Å². The Balaban J connectivity index is 1.36. The van der Waals surface area contributed by atoms with Crippen LogP contribution in [0.3, 0.4) is 0 Å². The number of amides is 1. The summed E-state index contributed by atoms with van der Waals surface area (Å²) >= 11 is 0. The number of benzene rings is 1. The number of hydrogen-bond donors (Lipinski definition) is 2. The minimum absolute atomic E-state index is 0.00150. The lowest BCUT2D eigenvalue weighted by molar-refractivity contribution is -0.130. The molecular weight excluding hydrogens is 298 g/mol. The summed E-state index contributed by atoms with van der Waals surface area (Å²) in [6.07, 6.45) is 9.38. The summed E-state index contributed by atoms with van der Waals surface area (Å²) < 4.78 is 0. The van der Waals surface area contributed by atoms with Gasteiger partial charge in [0.15, 0.2) is 0 Å². The van der Waals surface area contributed by atoms with E-state index in [1.54, 1.807) is 0 Å². The molecule has 0 unspecified atom stereocenters. The molecular formula is C21H29NO2. The van der Waals surface area contributed by atoms with Gasteiger partial charge in [-0.15, -0.1) is 0 Å². The van der Waals surface area contributed by atoms with Gasteiger partial charge < -0.3 is 10.4 Å². The van der Waals surface area contributed by atoms with E-state index < -0.39 is 0 Å². The zero-order valence-corrected chi connectivity index (χ0v) is 14.4. The van der Waals surface area contributed by atoms with E-state index in [2.05, 4.69) is 5.32 Å². The van der Waals surface area contributed by atoms with E-state index in [1.165, 1.54) is 38.5 Å². The van der Waals surface area contributed by atoms with Crippen LogP contribution in [0.1, 0.15) is 50.5 Å². The van der Waals surface area contributed by atoms with Gasteiger partial charge in [0.2, 0.25) is 5.91 Å². The van der Waals surface area contributed by atoms with Crippen molar-refractivity contribution in [2.45, 2.75) is 57.4 Å². The zero-order chi connectivity index (χ0) is 16.6. The maximum Gasteiger partial charge on any atom is 0.220 e. The van der Waals surface area contributed by atoms with E-state index in [9.17, 15) is 9.90 Å². The molecule has 1 aromatic carbocycles. The third-order valence-electron chi connectivity index (χ3n) is 6.61. The van der Waals surface area contributed by atoms with Gasteiger partial charge in [-0.05, 0) is 73.7 Å². The minimum Gasteiger partial charge on any atom is -0.394 e. The van der Waals surface area contributed by atoms with Gasteiger partial charge in [0, 0.05) is 6.42 Å². The number of carbonyl (C=O) groups excluding carboxylic acids is 1. The molecule has 130 valence electrons. The number of rotatable bonds is 6. The number of aliphatic hydroxyl groups excluding tert-OH is 1. The lowest BCUT2D eigenvalue weighted by Gasteiger charge is -2.56. The van der Waals surface area contributed by atoms with Gasteiger partial charge in [0.05, 0.1) is 12.6 Å². The molecule has 1 amide bonds. The molecule has 24 heavy (non-hydrogen) atoms. The first-order valence-electron chi connectivity index (χ1n) is 9.58. The molecule has 3 nitrogen and oxygen atoms in total. The minimum atomic E-state index is -0.172. The highest BCUT2D eigenvalue weighted by atomic mass is 16.3. The van der Waals surface area contributed by atoms with Gasteiger partial charge in [-0.3, -0.25) is 4.79 Å². The summed E-state index contributed by atoms with van der Waals surface area (Å²) in [5.41, 5.74) is 1.43. The quantitative estimate of drug-likeness (QED) is 0.842. The first-order valence-corrected chi connectivity index (χ1v) is 9.58. The van der Waals surface area contributed by atoms with Crippen LogP contribution in [0.5, 0.6) is 0 Å². The molecule has 4 aliphatic rings. The van der Waals surface area contributed by atoms with Crippen LogP contribution in [0, 0.1) is 23.2 Å². The van der Waals surface area contributed by atoms with Crippen LogP contribution in [0.4, 0.5) is 0 Å². The van der Waals surface area contributed by atoms with Crippen LogP contribution in [-0.2, 0) is 11.2 Å². The predicted octanol–water partition coefficient (Wildman–Crippen LogP) is 3.31. The third kappa shape index (κ3) is 3.37. The van der Waals surface area contributed by atoms with Crippen LogP contribution < -0.4 is 5.32 Å². The van der Waals surface area contributed by atoms with Crippen molar-refractivity contribution in [2.75, 3.05) is 6.61 Å². The predicted molar refractivity (Wildman–Crippen MR) is 94.4 cm³/mol. The average Bonchev–Trinajstić information content (AvgIpc) is 2.53. The van der Waals surface area contributed by atoms with E-state index in [4.69, 9.17) is 0 Å². The Hall–Kier alpha value is -1.35. The fourth-order valence-electron chi connectivity index (χ4n) is 6.19.